The molecule has 0 bridgehead atoms. The average Bonchev–Trinajstić information content (AvgIpc) is 4.00. The van der Waals surface area contributed by atoms with Crippen molar-refractivity contribution in [1.29, 1.82) is 0 Å². The summed E-state index contributed by atoms with van der Waals surface area (Å²) in [6.07, 6.45) is 0. The number of fused-ring (bicyclic) bond motifs is 11. The summed E-state index contributed by atoms with van der Waals surface area (Å²) in [5.41, 5.74) is 10.4. The van der Waals surface area contributed by atoms with Crippen molar-refractivity contribution in [2.24, 2.45) is 0 Å². The van der Waals surface area contributed by atoms with E-state index in [0.717, 1.165) is 66.5 Å². The molecule has 3 aromatic heterocycles. The number of rotatable bonds is 4. The van der Waals surface area contributed by atoms with Crippen LogP contribution >= 0.6 is 11.3 Å². The summed E-state index contributed by atoms with van der Waals surface area (Å²) in [6, 6.07) is 69.9. The summed E-state index contributed by atoms with van der Waals surface area (Å²) in [4.78, 5) is 0. The van der Waals surface area contributed by atoms with Crippen LogP contribution in [-0.2, 0) is 0 Å². The first kappa shape index (κ1) is 32.6. The standard InChI is InChI=1S/C56H32O2S/c1-2-16-34(17-3-1)49-54-46(58-55(49)36-30-29-33-15-4-5-18-35(33)31-36)32-44(56-53(54)41-23-10-12-26-45(41)57-56)51-39-21-8-6-19-37(39)50(38-20-7-9-22-40(38)51)43-25-14-28-48-52(43)42-24-11-13-27-47(42)59-48/h1-32H. The predicted octanol–water partition coefficient (Wildman–Crippen LogP) is 16.8. The molecule has 3 heteroatoms. The first-order chi connectivity index (χ1) is 29.3. The van der Waals surface area contributed by atoms with Gasteiger partial charge in [0.1, 0.15) is 22.5 Å². The van der Waals surface area contributed by atoms with Crippen LogP contribution in [0, 0.1) is 0 Å². The minimum absolute atomic E-state index is 0.827. The molecule has 0 unspecified atom stereocenters. The molecule has 0 spiro atoms. The van der Waals surface area contributed by atoms with Gasteiger partial charge in [0.15, 0.2) is 0 Å². The highest BCUT2D eigenvalue weighted by atomic mass is 32.1. The smallest absolute Gasteiger partial charge is 0.144 e. The van der Waals surface area contributed by atoms with Gasteiger partial charge in [-0.3, -0.25) is 0 Å². The van der Waals surface area contributed by atoms with E-state index in [2.05, 4.69) is 194 Å². The Labute approximate surface area is 342 Å². The number of benzene rings is 10. The Hall–Kier alpha value is -7.46. The zero-order chi connectivity index (χ0) is 38.6. The summed E-state index contributed by atoms with van der Waals surface area (Å²) >= 11 is 1.86. The summed E-state index contributed by atoms with van der Waals surface area (Å²) in [6.45, 7) is 0. The fourth-order valence-electron chi connectivity index (χ4n) is 9.77. The number of hydrogen-bond donors (Lipinski definition) is 0. The lowest BCUT2D eigenvalue weighted by Crippen LogP contribution is -1.92. The lowest BCUT2D eigenvalue weighted by Gasteiger charge is -2.18. The van der Waals surface area contributed by atoms with Gasteiger partial charge in [-0.1, -0.05) is 164 Å². The summed E-state index contributed by atoms with van der Waals surface area (Å²) in [7, 11) is 0. The van der Waals surface area contributed by atoms with E-state index < -0.39 is 0 Å². The Morgan fingerprint density at radius 3 is 1.69 bits per heavy atom. The highest BCUT2D eigenvalue weighted by Crippen LogP contribution is 2.53. The van der Waals surface area contributed by atoms with Gasteiger partial charge in [-0.15, -0.1) is 11.3 Å². The van der Waals surface area contributed by atoms with E-state index in [-0.39, 0.29) is 0 Å². The average molecular weight is 769 g/mol. The molecular weight excluding hydrogens is 737 g/mol. The number of furan rings is 2. The fourth-order valence-corrected chi connectivity index (χ4v) is 10.9. The molecular formula is C56H32O2S. The van der Waals surface area contributed by atoms with E-state index >= 15 is 0 Å². The molecule has 0 aliphatic heterocycles. The second-order valence-electron chi connectivity index (χ2n) is 15.5. The Bertz CT molecular complexity index is 3790. The van der Waals surface area contributed by atoms with Gasteiger partial charge < -0.3 is 8.83 Å². The van der Waals surface area contributed by atoms with Gasteiger partial charge in [0.25, 0.3) is 0 Å². The quantitative estimate of drug-likeness (QED) is 0.167. The summed E-state index contributed by atoms with van der Waals surface area (Å²) in [5, 5.41) is 12.9. The third-order valence-electron chi connectivity index (χ3n) is 12.2. The van der Waals surface area contributed by atoms with Gasteiger partial charge >= 0.3 is 0 Å². The van der Waals surface area contributed by atoms with Crippen molar-refractivity contribution in [2.75, 3.05) is 0 Å². The first-order valence-electron chi connectivity index (χ1n) is 20.1. The molecule has 0 radical (unpaired) electrons. The van der Waals surface area contributed by atoms with Crippen LogP contribution < -0.4 is 0 Å². The number of thiophene rings is 1. The normalized spacial score (nSPS) is 12.1. The van der Waals surface area contributed by atoms with Crippen LogP contribution in [0.15, 0.2) is 203 Å². The highest BCUT2D eigenvalue weighted by molar-refractivity contribution is 7.26. The molecule has 2 nitrogen and oxygen atoms in total. The van der Waals surface area contributed by atoms with Crippen LogP contribution in [0.25, 0.3) is 130 Å². The second-order valence-corrected chi connectivity index (χ2v) is 16.5. The Morgan fingerprint density at radius 2 is 0.932 bits per heavy atom. The highest BCUT2D eigenvalue weighted by Gasteiger charge is 2.28. The third kappa shape index (κ3) is 4.74. The van der Waals surface area contributed by atoms with Crippen molar-refractivity contribution in [3.05, 3.63) is 194 Å². The fraction of sp³-hybridized carbons (Fsp3) is 0. The topological polar surface area (TPSA) is 26.3 Å². The van der Waals surface area contributed by atoms with Gasteiger partial charge in [0, 0.05) is 58.6 Å². The molecule has 0 atom stereocenters. The maximum absolute atomic E-state index is 7.23. The molecule has 59 heavy (non-hydrogen) atoms. The molecule has 3 heterocycles. The molecule has 10 aromatic carbocycles. The van der Waals surface area contributed by atoms with Gasteiger partial charge in [-0.25, -0.2) is 0 Å². The van der Waals surface area contributed by atoms with Crippen LogP contribution in [0.4, 0.5) is 0 Å². The molecule has 13 rings (SSSR count). The Balaban J connectivity index is 1.19. The molecule has 0 amide bonds. The minimum atomic E-state index is 0.827. The zero-order valence-corrected chi connectivity index (χ0v) is 32.5. The second kappa shape index (κ2) is 12.5. The molecule has 0 aliphatic rings. The van der Waals surface area contributed by atoms with Crippen molar-refractivity contribution >= 4 is 96.7 Å². The van der Waals surface area contributed by atoms with Gasteiger partial charge in [0.2, 0.25) is 0 Å². The maximum atomic E-state index is 7.23. The minimum Gasteiger partial charge on any atom is -0.455 e. The van der Waals surface area contributed by atoms with Gasteiger partial charge in [-0.2, -0.15) is 0 Å². The van der Waals surface area contributed by atoms with Crippen molar-refractivity contribution in [2.45, 2.75) is 0 Å². The van der Waals surface area contributed by atoms with Crippen molar-refractivity contribution in [3.63, 3.8) is 0 Å². The molecule has 13 aromatic rings. The molecule has 0 saturated carbocycles. The van der Waals surface area contributed by atoms with Crippen LogP contribution in [0.1, 0.15) is 0 Å². The van der Waals surface area contributed by atoms with E-state index in [9.17, 15) is 0 Å². The van der Waals surface area contributed by atoms with E-state index in [1.807, 2.05) is 11.3 Å². The van der Waals surface area contributed by atoms with Crippen LogP contribution in [0.3, 0.4) is 0 Å². The summed E-state index contributed by atoms with van der Waals surface area (Å²) < 4.78 is 16.9. The Kier molecular flexibility index (Phi) is 6.92. The van der Waals surface area contributed by atoms with Crippen LogP contribution in [-0.4, -0.2) is 0 Å². The monoisotopic (exact) mass is 768 g/mol. The zero-order valence-electron chi connectivity index (χ0n) is 31.7. The largest absolute Gasteiger partial charge is 0.455 e. The third-order valence-corrected chi connectivity index (χ3v) is 13.4. The van der Waals surface area contributed by atoms with E-state index in [4.69, 9.17) is 8.83 Å². The summed E-state index contributed by atoms with van der Waals surface area (Å²) in [5.74, 6) is 0.849. The van der Waals surface area contributed by atoms with Gasteiger partial charge in [0.05, 0.1) is 0 Å². The predicted molar refractivity (Wildman–Crippen MR) is 251 cm³/mol. The van der Waals surface area contributed by atoms with Crippen LogP contribution in [0.2, 0.25) is 0 Å². The van der Waals surface area contributed by atoms with Crippen molar-refractivity contribution in [1.82, 2.24) is 0 Å². The number of para-hydroxylation sites is 1. The van der Waals surface area contributed by atoms with E-state index in [0.29, 0.717) is 0 Å². The van der Waals surface area contributed by atoms with Gasteiger partial charge in [-0.05, 0) is 79.3 Å². The maximum Gasteiger partial charge on any atom is 0.144 e. The lowest BCUT2D eigenvalue weighted by molar-refractivity contribution is 0.632. The molecule has 0 N–H and O–H groups in total. The van der Waals surface area contributed by atoms with E-state index in [1.165, 1.54) is 63.6 Å². The number of hydrogen-bond acceptors (Lipinski definition) is 3. The van der Waals surface area contributed by atoms with Crippen molar-refractivity contribution < 1.29 is 8.83 Å². The molecule has 274 valence electrons. The molecule has 0 fully saturated rings. The molecule has 0 saturated heterocycles. The van der Waals surface area contributed by atoms with E-state index in [1.54, 1.807) is 0 Å². The molecule has 0 aliphatic carbocycles. The lowest BCUT2D eigenvalue weighted by atomic mass is 9.84. The SMILES string of the molecule is c1ccc(-c2c(-c3ccc4ccccc4c3)oc3cc(-c4c5ccccc5c(-c5cccc6sc7ccccc7c56)c5ccccc45)c4oc5ccccc5c4c23)cc1. The first-order valence-corrected chi connectivity index (χ1v) is 20.9. The van der Waals surface area contributed by atoms with Crippen LogP contribution in [0.5, 0.6) is 0 Å². The van der Waals surface area contributed by atoms with Crippen molar-refractivity contribution in [3.8, 4) is 44.7 Å². The Morgan fingerprint density at radius 1 is 0.322 bits per heavy atom.